The van der Waals surface area contributed by atoms with Crippen LogP contribution in [0, 0.1) is 0 Å². The summed E-state index contributed by atoms with van der Waals surface area (Å²) in [7, 11) is -6.47. The van der Waals surface area contributed by atoms with Crippen LogP contribution in [-0.4, -0.2) is 45.5 Å². The molecular weight excluding hydrogens is 286 g/mol. The Morgan fingerprint density at radius 3 is 2.35 bits per heavy atom. The average Bonchev–Trinajstić information content (AvgIpc) is 2.25. The van der Waals surface area contributed by atoms with Crippen LogP contribution in [0.25, 0.3) is 0 Å². The molecule has 0 saturated carbocycles. The maximum atomic E-state index is 11.9. The van der Waals surface area contributed by atoms with Crippen molar-refractivity contribution in [3.8, 4) is 0 Å². The zero-order valence-electron chi connectivity index (χ0n) is 9.72. The molecule has 8 heteroatoms. The molecule has 102 valence electrons. The van der Waals surface area contributed by atoms with Gasteiger partial charge in [-0.3, -0.25) is 0 Å². The van der Waals surface area contributed by atoms with Gasteiger partial charge in [-0.15, -0.1) is 11.6 Å². The summed E-state index contributed by atoms with van der Waals surface area (Å²) in [5.74, 6) is -0.0900. The third-order valence-corrected chi connectivity index (χ3v) is 6.99. The van der Waals surface area contributed by atoms with Crippen LogP contribution in [0.2, 0.25) is 0 Å². The monoisotopic (exact) mass is 303 g/mol. The van der Waals surface area contributed by atoms with E-state index in [4.69, 9.17) is 11.6 Å². The molecule has 0 radical (unpaired) electrons. The molecule has 1 N–H and O–H groups in total. The van der Waals surface area contributed by atoms with Gasteiger partial charge in [-0.05, 0) is 19.3 Å². The number of nitrogens with one attached hydrogen (secondary N) is 1. The van der Waals surface area contributed by atoms with E-state index in [0.717, 1.165) is 0 Å². The Labute approximate surface area is 108 Å². The van der Waals surface area contributed by atoms with Crippen LogP contribution in [0.5, 0.6) is 0 Å². The molecule has 1 rings (SSSR count). The molecule has 0 amide bonds. The zero-order valence-corrected chi connectivity index (χ0v) is 12.1. The molecule has 1 atom stereocenters. The summed E-state index contributed by atoms with van der Waals surface area (Å²) >= 11 is 5.83. The second kappa shape index (κ2) is 5.86. The topological polar surface area (TPSA) is 80.3 Å². The van der Waals surface area contributed by atoms with Crippen molar-refractivity contribution in [2.45, 2.75) is 36.8 Å². The molecule has 1 aliphatic heterocycles. The Hall–Kier alpha value is 0.150. The molecule has 0 aromatic heterocycles. The lowest BCUT2D eigenvalue weighted by Crippen LogP contribution is -2.41. The van der Waals surface area contributed by atoms with E-state index in [-0.39, 0.29) is 36.3 Å². The highest BCUT2D eigenvalue weighted by Crippen LogP contribution is 2.18. The van der Waals surface area contributed by atoms with Crippen molar-refractivity contribution >= 4 is 31.5 Å². The predicted molar refractivity (Wildman–Crippen MR) is 68.5 cm³/mol. The van der Waals surface area contributed by atoms with E-state index in [2.05, 4.69) is 4.72 Å². The summed E-state index contributed by atoms with van der Waals surface area (Å²) in [6.07, 6.45) is 1.04. The smallest absolute Gasteiger partial charge is 0.214 e. The van der Waals surface area contributed by atoms with Crippen LogP contribution in [0.3, 0.4) is 0 Å². The molecule has 1 unspecified atom stereocenters. The minimum absolute atomic E-state index is 0.0450. The molecule has 0 aromatic rings. The number of alkyl halides is 1. The average molecular weight is 304 g/mol. The SMILES string of the molecule is CCC(Cl)CNS(=O)(=O)C1CCS(=O)(=O)CC1. The lowest BCUT2D eigenvalue weighted by Gasteiger charge is -2.22. The number of hydrogen-bond donors (Lipinski definition) is 1. The first-order valence-corrected chi connectivity index (χ1v) is 9.40. The highest BCUT2D eigenvalue weighted by atomic mass is 35.5. The molecule has 0 aliphatic carbocycles. The fraction of sp³-hybridized carbons (Fsp3) is 1.00. The third-order valence-electron chi connectivity index (χ3n) is 2.89. The summed E-state index contributed by atoms with van der Waals surface area (Å²) in [6.45, 7) is 2.07. The van der Waals surface area contributed by atoms with Gasteiger partial charge in [0.1, 0.15) is 9.84 Å². The Balaban J connectivity index is 2.55. The Bertz CT molecular complexity index is 432. The summed E-state index contributed by atoms with van der Waals surface area (Å²) in [5, 5.41) is -0.830. The van der Waals surface area contributed by atoms with Crippen molar-refractivity contribution in [2.24, 2.45) is 0 Å². The van der Waals surface area contributed by atoms with Gasteiger partial charge in [0, 0.05) is 11.9 Å². The molecular formula is C9H18ClNO4S2. The van der Waals surface area contributed by atoms with Gasteiger partial charge in [0.25, 0.3) is 0 Å². The number of rotatable bonds is 5. The highest BCUT2D eigenvalue weighted by molar-refractivity contribution is 7.92. The fourth-order valence-electron chi connectivity index (χ4n) is 1.65. The third kappa shape index (κ3) is 4.73. The number of sulfonamides is 1. The molecule has 0 spiro atoms. The summed E-state index contributed by atoms with van der Waals surface area (Å²) < 4.78 is 48.6. The van der Waals surface area contributed by atoms with Gasteiger partial charge < -0.3 is 0 Å². The zero-order chi connectivity index (χ0) is 13.1. The van der Waals surface area contributed by atoms with Crippen molar-refractivity contribution in [1.29, 1.82) is 0 Å². The van der Waals surface area contributed by atoms with E-state index in [9.17, 15) is 16.8 Å². The maximum Gasteiger partial charge on any atom is 0.214 e. The second-order valence-electron chi connectivity index (χ2n) is 4.25. The first kappa shape index (κ1) is 15.2. The molecule has 0 bridgehead atoms. The molecule has 1 fully saturated rings. The first-order valence-electron chi connectivity index (χ1n) is 5.60. The lowest BCUT2D eigenvalue weighted by atomic mass is 10.2. The summed E-state index contributed by atoms with van der Waals surface area (Å²) in [4.78, 5) is 0. The molecule has 0 aromatic carbocycles. The highest BCUT2D eigenvalue weighted by Gasteiger charge is 2.32. The normalized spacial score (nSPS) is 23.4. The Morgan fingerprint density at radius 1 is 1.35 bits per heavy atom. The number of halogens is 1. The minimum Gasteiger partial charge on any atom is -0.229 e. The van der Waals surface area contributed by atoms with Gasteiger partial charge in [-0.25, -0.2) is 21.6 Å². The molecule has 1 saturated heterocycles. The fourth-order valence-corrected chi connectivity index (χ4v) is 5.13. The molecule has 1 aliphatic rings. The van der Waals surface area contributed by atoms with Crippen LogP contribution in [0.15, 0.2) is 0 Å². The van der Waals surface area contributed by atoms with Crippen LogP contribution in [-0.2, 0) is 19.9 Å². The van der Waals surface area contributed by atoms with Crippen molar-refractivity contribution in [3.05, 3.63) is 0 Å². The van der Waals surface area contributed by atoms with E-state index >= 15 is 0 Å². The van der Waals surface area contributed by atoms with Crippen LogP contribution in [0.4, 0.5) is 0 Å². The van der Waals surface area contributed by atoms with Gasteiger partial charge >= 0.3 is 0 Å². The molecule has 17 heavy (non-hydrogen) atoms. The van der Waals surface area contributed by atoms with E-state index in [1.807, 2.05) is 6.92 Å². The second-order valence-corrected chi connectivity index (χ2v) is 9.22. The summed E-state index contributed by atoms with van der Waals surface area (Å²) in [6, 6.07) is 0. The minimum atomic E-state index is -3.44. The van der Waals surface area contributed by atoms with Crippen LogP contribution < -0.4 is 4.72 Å². The lowest BCUT2D eigenvalue weighted by molar-refractivity contribution is 0.541. The number of sulfone groups is 1. The van der Waals surface area contributed by atoms with E-state index in [0.29, 0.717) is 6.42 Å². The molecule has 5 nitrogen and oxygen atoms in total. The largest absolute Gasteiger partial charge is 0.229 e. The summed E-state index contributed by atoms with van der Waals surface area (Å²) in [5.41, 5.74) is 0. The maximum absolute atomic E-state index is 11.9. The Morgan fingerprint density at radius 2 is 1.88 bits per heavy atom. The quantitative estimate of drug-likeness (QED) is 0.750. The van der Waals surface area contributed by atoms with Crippen molar-refractivity contribution in [2.75, 3.05) is 18.1 Å². The van der Waals surface area contributed by atoms with Gasteiger partial charge in [0.05, 0.1) is 16.8 Å². The standard InChI is InChI=1S/C9H18ClNO4S2/c1-2-8(10)7-11-17(14,15)9-3-5-16(12,13)6-4-9/h8-9,11H,2-7H2,1H3. The van der Waals surface area contributed by atoms with Crippen molar-refractivity contribution in [1.82, 2.24) is 4.72 Å². The van der Waals surface area contributed by atoms with E-state index in [1.54, 1.807) is 0 Å². The van der Waals surface area contributed by atoms with Crippen molar-refractivity contribution in [3.63, 3.8) is 0 Å². The van der Waals surface area contributed by atoms with Gasteiger partial charge in [-0.1, -0.05) is 6.92 Å². The van der Waals surface area contributed by atoms with Crippen LogP contribution in [0.1, 0.15) is 26.2 Å². The van der Waals surface area contributed by atoms with Crippen LogP contribution >= 0.6 is 11.6 Å². The Kier molecular flexibility index (Phi) is 5.24. The molecule has 1 heterocycles. The van der Waals surface area contributed by atoms with Gasteiger partial charge in [0.15, 0.2) is 0 Å². The van der Waals surface area contributed by atoms with Crippen molar-refractivity contribution < 1.29 is 16.8 Å². The van der Waals surface area contributed by atoms with E-state index in [1.165, 1.54) is 0 Å². The predicted octanol–water partition coefficient (Wildman–Crippen LogP) is 0.500. The number of hydrogen-bond acceptors (Lipinski definition) is 4. The van der Waals surface area contributed by atoms with Gasteiger partial charge in [0.2, 0.25) is 10.0 Å². The van der Waals surface area contributed by atoms with Gasteiger partial charge in [-0.2, -0.15) is 0 Å². The van der Waals surface area contributed by atoms with E-state index < -0.39 is 25.1 Å². The first-order chi connectivity index (χ1) is 7.77.